The molecule has 0 fully saturated rings. The fraction of sp³-hybridized carbons (Fsp3) is 0.385. The maximum absolute atomic E-state index is 11.4. The highest BCUT2D eigenvalue weighted by molar-refractivity contribution is 6.28. The molecule has 0 heterocycles. The number of alkyl halides is 1. The fourth-order valence-electron chi connectivity index (χ4n) is 1.38. The van der Waals surface area contributed by atoms with Gasteiger partial charge in [-0.2, -0.15) is 0 Å². The summed E-state index contributed by atoms with van der Waals surface area (Å²) in [4.78, 5) is 22.3. The van der Waals surface area contributed by atoms with Crippen molar-refractivity contribution in [2.45, 2.75) is 26.2 Å². The molecule has 0 aliphatic heterocycles. The van der Waals surface area contributed by atoms with Crippen LogP contribution in [0.3, 0.4) is 0 Å². The summed E-state index contributed by atoms with van der Waals surface area (Å²) in [7, 11) is 0. The Morgan fingerprint density at radius 2 is 1.72 bits per heavy atom. The van der Waals surface area contributed by atoms with Crippen molar-refractivity contribution >= 4 is 29.2 Å². The first kappa shape index (κ1) is 14.5. The molecule has 0 aliphatic carbocycles. The van der Waals surface area contributed by atoms with Crippen molar-refractivity contribution in [3.05, 3.63) is 29.8 Å². The molecule has 5 heteroatoms. The number of imide groups is 1. The minimum absolute atomic E-state index is 0.0649. The van der Waals surface area contributed by atoms with Crippen LogP contribution in [-0.2, 0) is 10.2 Å². The van der Waals surface area contributed by atoms with Crippen molar-refractivity contribution in [3.63, 3.8) is 0 Å². The third kappa shape index (κ3) is 4.37. The molecule has 0 radical (unpaired) electrons. The molecule has 0 spiro atoms. The summed E-state index contributed by atoms with van der Waals surface area (Å²) < 4.78 is 0. The van der Waals surface area contributed by atoms with Crippen molar-refractivity contribution < 1.29 is 9.59 Å². The highest BCUT2D eigenvalue weighted by Gasteiger charge is 2.13. The van der Waals surface area contributed by atoms with Gasteiger partial charge >= 0.3 is 6.03 Å². The summed E-state index contributed by atoms with van der Waals surface area (Å²) in [6.45, 7) is 6.34. The Kier molecular flexibility index (Phi) is 4.73. The Morgan fingerprint density at radius 1 is 1.17 bits per heavy atom. The van der Waals surface area contributed by atoms with Crippen LogP contribution < -0.4 is 10.6 Å². The van der Waals surface area contributed by atoms with Gasteiger partial charge in [0.05, 0.1) is 0 Å². The lowest BCUT2D eigenvalue weighted by Gasteiger charge is -2.19. The topological polar surface area (TPSA) is 58.2 Å². The molecular formula is C13H17ClN2O2. The van der Waals surface area contributed by atoms with Crippen LogP contribution in [0.4, 0.5) is 10.5 Å². The Hall–Kier alpha value is -1.55. The van der Waals surface area contributed by atoms with Gasteiger partial charge in [0.25, 0.3) is 0 Å². The molecule has 3 amide bonds. The maximum atomic E-state index is 11.4. The van der Waals surface area contributed by atoms with Crippen LogP contribution in [0, 0.1) is 0 Å². The number of amides is 3. The highest BCUT2D eigenvalue weighted by atomic mass is 35.5. The normalized spacial score (nSPS) is 10.9. The second-order valence-electron chi connectivity index (χ2n) is 4.96. The molecule has 0 bridgehead atoms. The van der Waals surface area contributed by atoms with Crippen molar-refractivity contribution in [1.29, 1.82) is 0 Å². The van der Waals surface area contributed by atoms with Crippen molar-refractivity contribution in [2.24, 2.45) is 0 Å². The van der Waals surface area contributed by atoms with E-state index in [1.807, 2.05) is 12.1 Å². The zero-order valence-corrected chi connectivity index (χ0v) is 11.5. The molecule has 0 saturated heterocycles. The number of rotatable bonds is 2. The SMILES string of the molecule is CC(C)(C)c1ccc(NC(=O)NC(=O)CCl)cc1. The van der Waals surface area contributed by atoms with Gasteiger partial charge in [0.2, 0.25) is 5.91 Å². The van der Waals surface area contributed by atoms with Gasteiger partial charge in [-0.15, -0.1) is 11.6 Å². The van der Waals surface area contributed by atoms with E-state index >= 15 is 0 Å². The Balaban J connectivity index is 2.64. The zero-order valence-electron chi connectivity index (χ0n) is 10.7. The molecule has 0 aromatic heterocycles. The summed E-state index contributed by atoms with van der Waals surface area (Å²) in [5.41, 5.74) is 1.86. The number of nitrogens with one attached hydrogen (secondary N) is 2. The van der Waals surface area contributed by atoms with Gasteiger partial charge < -0.3 is 5.32 Å². The average Bonchev–Trinajstić information content (AvgIpc) is 2.28. The largest absolute Gasteiger partial charge is 0.325 e. The van der Waals surface area contributed by atoms with E-state index in [0.29, 0.717) is 5.69 Å². The van der Waals surface area contributed by atoms with Crippen LogP contribution in [0.15, 0.2) is 24.3 Å². The van der Waals surface area contributed by atoms with E-state index in [0.717, 1.165) is 0 Å². The van der Waals surface area contributed by atoms with E-state index in [1.165, 1.54) is 5.56 Å². The van der Waals surface area contributed by atoms with Crippen molar-refractivity contribution in [2.75, 3.05) is 11.2 Å². The summed E-state index contributed by atoms with van der Waals surface area (Å²) >= 11 is 5.28. The molecule has 1 rings (SSSR count). The summed E-state index contributed by atoms with van der Waals surface area (Å²) in [6, 6.07) is 6.90. The minimum atomic E-state index is -0.579. The highest BCUT2D eigenvalue weighted by Crippen LogP contribution is 2.23. The van der Waals surface area contributed by atoms with Crippen LogP contribution in [-0.4, -0.2) is 17.8 Å². The lowest BCUT2D eigenvalue weighted by atomic mass is 9.87. The number of halogens is 1. The first-order valence-corrected chi connectivity index (χ1v) is 6.13. The summed E-state index contributed by atoms with van der Waals surface area (Å²) in [5.74, 6) is -0.767. The Bertz CT molecular complexity index is 435. The van der Waals surface area contributed by atoms with Gasteiger partial charge in [0.1, 0.15) is 5.88 Å². The number of benzene rings is 1. The third-order valence-electron chi connectivity index (χ3n) is 2.38. The maximum Gasteiger partial charge on any atom is 0.325 e. The van der Waals surface area contributed by atoms with Gasteiger partial charge in [-0.1, -0.05) is 32.9 Å². The van der Waals surface area contributed by atoms with Gasteiger partial charge in [-0.25, -0.2) is 4.79 Å². The molecule has 98 valence electrons. The number of carbonyl (C=O) groups is 2. The quantitative estimate of drug-likeness (QED) is 0.811. The van der Waals surface area contributed by atoms with E-state index in [4.69, 9.17) is 11.6 Å². The first-order valence-electron chi connectivity index (χ1n) is 5.60. The Labute approximate surface area is 112 Å². The van der Waals surface area contributed by atoms with E-state index in [-0.39, 0.29) is 11.3 Å². The van der Waals surface area contributed by atoms with Crippen LogP contribution in [0.25, 0.3) is 0 Å². The third-order valence-corrected chi connectivity index (χ3v) is 2.63. The molecule has 2 N–H and O–H groups in total. The molecule has 0 atom stereocenters. The number of hydrogen-bond acceptors (Lipinski definition) is 2. The van der Waals surface area contributed by atoms with Crippen molar-refractivity contribution in [1.82, 2.24) is 5.32 Å². The van der Waals surface area contributed by atoms with Crippen LogP contribution in [0.5, 0.6) is 0 Å². The monoisotopic (exact) mass is 268 g/mol. The van der Waals surface area contributed by atoms with Crippen LogP contribution >= 0.6 is 11.6 Å². The van der Waals surface area contributed by atoms with E-state index in [9.17, 15) is 9.59 Å². The van der Waals surface area contributed by atoms with Crippen LogP contribution in [0.2, 0.25) is 0 Å². The molecule has 1 aromatic carbocycles. The van der Waals surface area contributed by atoms with Gasteiger partial charge in [-0.3, -0.25) is 10.1 Å². The Morgan fingerprint density at radius 3 is 2.17 bits per heavy atom. The molecule has 4 nitrogen and oxygen atoms in total. The predicted octanol–water partition coefficient (Wildman–Crippen LogP) is 2.87. The first-order chi connectivity index (χ1) is 8.32. The van der Waals surface area contributed by atoms with Crippen molar-refractivity contribution in [3.8, 4) is 0 Å². The molecule has 0 saturated carbocycles. The number of carbonyl (C=O) groups excluding carboxylic acids is 2. The fourth-order valence-corrected chi connectivity index (χ4v) is 1.44. The number of hydrogen-bond donors (Lipinski definition) is 2. The second-order valence-corrected chi connectivity index (χ2v) is 5.23. The second kappa shape index (κ2) is 5.87. The molecule has 18 heavy (non-hydrogen) atoms. The lowest BCUT2D eigenvalue weighted by Crippen LogP contribution is -2.35. The van der Waals surface area contributed by atoms with Gasteiger partial charge in [0, 0.05) is 5.69 Å². The summed E-state index contributed by atoms with van der Waals surface area (Å²) in [5, 5.41) is 4.66. The lowest BCUT2D eigenvalue weighted by molar-refractivity contribution is -0.117. The van der Waals surface area contributed by atoms with Gasteiger partial charge in [-0.05, 0) is 23.1 Å². The molecule has 0 unspecified atom stereocenters. The predicted molar refractivity (Wildman–Crippen MR) is 73.0 cm³/mol. The molecule has 0 aliphatic rings. The smallest absolute Gasteiger partial charge is 0.308 e. The molecular weight excluding hydrogens is 252 g/mol. The van der Waals surface area contributed by atoms with E-state index in [2.05, 4.69) is 31.4 Å². The zero-order chi connectivity index (χ0) is 13.8. The standard InChI is InChI=1S/C13H17ClN2O2/c1-13(2,3)9-4-6-10(7-5-9)15-12(18)16-11(17)8-14/h4-7H,8H2,1-3H3,(H2,15,16,17,18). The number of anilines is 1. The minimum Gasteiger partial charge on any atom is -0.308 e. The number of urea groups is 1. The van der Waals surface area contributed by atoms with E-state index in [1.54, 1.807) is 12.1 Å². The van der Waals surface area contributed by atoms with Gasteiger partial charge in [0.15, 0.2) is 0 Å². The molecule has 1 aromatic rings. The summed E-state index contributed by atoms with van der Waals surface area (Å²) in [6.07, 6.45) is 0. The average molecular weight is 269 g/mol. The van der Waals surface area contributed by atoms with E-state index < -0.39 is 11.9 Å². The van der Waals surface area contributed by atoms with Crippen LogP contribution in [0.1, 0.15) is 26.3 Å².